The lowest BCUT2D eigenvalue weighted by atomic mass is 9.85. The Kier molecular flexibility index (Phi) is 3.32. The van der Waals surface area contributed by atoms with Crippen molar-refractivity contribution >= 4 is 18.0 Å². The average Bonchev–Trinajstić information content (AvgIpc) is 2.26. The Morgan fingerprint density at radius 2 is 2.41 bits per heavy atom. The van der Waals surface area contributed by atoms with Crippen molar-refractivity contribution in [1.29, 1.82) is 5.41 Å². The van der Waals surface area contributed by atoms with E-state index in [4.69, 9.17) is 10.5 Å². The van der Waals surface area contributed by atoms with E-state index in [1.807, 2.05) is 0 Å². The Morgan fingerprint density at radius 1 is 1.65 bits per heavy atom. The van der Waals surface area contributed by atoms with Gasteiger partial charge in [0.05, 0.1) is 5.56 Å². The summed E-state index contributed by atoms with van der Waals surface area (Å²) in [4.78, 5) is 18.3. The molecule has 1 aliphatic rings. The second-order valence-corrected chi connectivity index (χ2v) is 4.12. The number of aromatic nitrogens is 2. The van der Waals surface area contributed by atoms with Crippen LogP contribution in [0.2, 0.25) is 0 Å². The zero-order chi connectivity index (χ0) is 12.3. The normalized spacial score (nSPS) is 15.1. The van der Waals surface area contributed by atoms with E-state index in [1.165, 1.54) is 25.5 Å². The first-order valence-electron chi connectivity index (χ1n) is 5.55. The standard InChI is InChI=1S/C11H14N4O2/c12-4-8-6-14-10(11(16)17)15-9(8)13-5-7-2-1-3-7/h4,6-7,12H,1-3,5H2,(H,16,17)(H,13,14,15). The monoisotopic (exact) mass is 234 g/mol. The fourth-order valence-corrected chi connectivity index (χ4v) is 1.68. The van der Waals surface area contributed by atoms with Gasteiger partial charge in [0.2, 0.25) is 5.82 Å². The molecule has 2 rings (SSSR count). The number of carboxylic acids is 1. The molecule has 3 N–H and O–H groups in total. The van der Waals surface area contributed by atoms with Crippen molar-refractivity contribution in [1.82, 2.24) is 9.97 Å². The van der Waals surface area contributed by atoms with Gasteiger partial charge in [-0.05, 0) is 18.8 Å². The number of aromatic carboxylic acids is 1. The molecule has 1 aromatic rings. The molecule has 1 aliphatic carbocycles. The number of anilines is 1. The molecule has 90 valence electrons. The second kappa shape index (κ2) is 4.90. The summed E-state index contributed by atoms with van der Waals surface area (Å²) in [5, 5.41) is 19.1. The Labute approximate surface area is 98.6 Å². The first-order chi connectivity index (χ1) is 8.20. The van der Waals surface area contributed by atoms with Gasteiger partial charge >= 0.3 is 5.97 Å². The summed E-state index contributed by atoms with van der Waals surface area (Å²) in [6.45, 7) is 0.775. The third kappa shape index (κ3) is 2.58. The molecule has 1 aromatic heterocycles. The Hall–Kier alpha value is -1.98. The maximum atomic E-state index is 10.7. The lowest BCUT2D eigenvalue weighted by molar-refractivity contribution is 0.0683. The number of hydrogen-bond acceptors (Lipinski definition) is 5. The van der Waals surface area contributed by atoms with Gasteiger partial charge < -0.3 is 15.8 Å². The van der Waals surface area contributed by atoms with E-state index < -0.39 is 5.97 Å². The van der Waals surface area contributed by atoms with E-state index in [0.29, 0.717) is 17.3 Å². The van der Waals surface area contributed by atoms with Crippen LogP contribution in [-0.4, -0.2) is 33.8 Å². The molecule has 1 heterocycles. The fraction of sp³-hybridized carbons (Fsp3) is 0.455. The largest absolute Gasteiger partial charge is 0.475 e. The molecule has 0 spiro atoms. The van der Waals surface area contributed by atoms with Crippen LogP contribution in [0.1, 0.15) is 35.4 Å². The van der Waals surface area contributed by atoms with Crippen LogP contribution in [0.15, 0.2) is 6.20 Å². The third-order valence-corrected chi connectivity index (χ3v) is 2.95. The van der Waals surface area contributed by atoms with Crippen molar-refractivity contribution < 1.29 is 9.90 Å². The van der Waals surface area contributed by atoms with E-state index >= 15 is 0 Å². The summed E-state index contributed by atoms with van der Waals surface area (Å²) < 4.78 is 0. The van der Waals surface area contributed by atoms with Crippen LogP contribution in [0.5, 0.6) is 0 Å². The van der Waals surface area contributed by atoms with Gasteiger partial charge in [-0.25, -0.2) is 14.8 Å². The molecule has 17 heavy (non-hydrogen) atoms. The lowest BCUT2D eigenvalue weighted by Gasteiger charge is -2.25. The average molecular weight is 234 g/mol. The molecule has 0 unspecified atom stereocenters. The summed E-state index contributed by atoms with van der Waals surface area (Å²) in [6, 6.07) is 0. The van der Waals surface area contributed by atoms with Gasteiger partial charge in [-0.2, -0.15) is 0 Å². The van der Waals surface area contributed by atoms with Crippen molar-refractivity contribution in [3.05, 3.63) is 17.6 Å². The SMILES string of the molecule is N=Cc1cnc(C(=O)O)nc1NCC1CCC1. The van der Waals surface area contributed by atoms with Crippen LogP contribution >= 0.6 is 0 Å². The van der Waals surface area contributed by atoms with Crippen LogP contribution in [-0.2, 0) is 0 Å². The molecule has 0 aliphatic heterocycles. The van der Waals surface area contributed by atoms with Crippen LogP contribution in [0.4, 0.5) is 5.82 Å². The maximum Gasteiger partial charge on any atom is 0.374 e. The number of carboxylic acid groups (broad SMARTS) is 1. The van der Waals surface area contributed by atoms with E-state index in [0.717, 1.165) is 12.8 Å². The summed E-state index contributed by atoms with van der Waals surface area (Å²) in [6.07, 6.45) is 6.13. The van der Waals surface area contributed by atoms with Gasteiger partial charge in [-0.3, -0.25) is 0 Å². The van der Waals surface area contributed by atoms with Gasteiger partial charge in [-0.15, -0.1) is 0 Å². The topological polar surface area (TPSA) is 99.0 Å². The smallest absolute Gasteiger partial charge is 0.374 e. The lowest BCUT2D eigenvalue weighted by Crippen LogP contribution is -2.22. The number of rotatable bonds is 5. The predicted octanol–water partition coefficient (Wildman–Crippen LogP) is 1.38. The minimum Gasteiger partial charge on any atom is -0.475 e. The van der Waals surface area contributed by atoms with E-state index in [1.54, 1.807) is 0 Å². The highest BCUT2D eigenvalue weighted by Gasteiger charge is 2.18. The molecule has 1 saturated carbocycles. The minimum atomic E-state index is -1.16. The molecule has 1 fully saturated rings. The zero-order valence-corrected chi connectivity index (χ0v) is 9.31. The Bertz CT molecular complexity index is 443. The Balaban J connectivity index is 2.13. The van der Waals surface area contributed by atoms with Crippen molar-refractivity contribution in [3.8, 4) is 0 Å². The first-order valence-corrected chi connectivity index (χ1v) is 5.55. The highest BCUT2D eigenvalue weighted by molar-refractivity contribution is 5.87. The molecule has 0 bridgehead atoms. The highest BCUT2D eigenvalue weighted by atomic mass is 16.4. The molecule has 0 radical (unpaired) electrons. The molecular weight excluding hydrogens is 220 g/mol. The Morgan fingerprint density at radius 3 is 2.94 bits per heavy atom. The molecular formula is C11H14N4O2. The fourth-order valence-electron chi connectivity index (χ4n) is 1.68. The van der Waals surface area contributed by atoms with Gasteiger partial charge in [0, 0.05) is 19.0 Å². The third-order valence-electron chi connectivity index (χ3n) is 2.95. The van der Waals surface area contributed by atoms with Gasteiger partial charge in [-0.1, -0.05) is 6.42 Å². The molecule has 0 aromatic carbocycles. The number of nitrogens with zero attached hydrogens (tertiary/aromatic N) is 2. The highest BCUT2D eigenvalue weighted by Crippen LogP contribution is 2.26. The quantitative estimate of drug-likeness (QED) is 0.668. The zero-order valence-electron chi connectivity index (χ0n) is 9.31. The molecule has 0 saturated heterocycles. The van der Waals surface area contributed by atoms with Crippen molar-refractivity contribution in [2.75, 3.05) is 11.9 Å². The van der Waals surface area contributed by atoms with Crippen LogP contribution in [0, 0.1) is 11.3 Å². The summed E-state index contributed by atoms with van der Waals surface area (Å²) >= 11 is 0. The van der Waals surface area contributed by atoms with Gasteiger partial charge in [0.1, 0.15) is 5.82 Å². The van der Waals surface area contributed by atoms with E-state index in [2.05, 4.69) is 15.3 Å². The maximum absolute atomic E-state index is 10.7. The predicted molar refractivity (Wildman–Crippen MR) is 62.7 cm³/mol. The van der Waals surface area contributed by atoms with E-state index in [9.17, 15) is 4.79 Å². The molecule has 6 heteroatoms. The van der Waals surface area contributed by atoms with Crippen molar-refractivity contribution in [2.24, 2.45) is 5.92 Å². The second-order valence-electron chi connectivity index (χ2n) is 4.12. The van der Waals surface area contributed by atoms with Crippen molar-refractivity contribution in [2.45, 2.75) is 19.3 Å². The molecule has 0 atom stereocenters. The van der Waals surface area contributed by atoms with Crippen molar-refractivity contribution in [3.63, 3.8) is 0 Å². The van der Waals surface area contributed by atoms with Crippen LogP contribution in [0.3, 0.4) is 0 Å². The van der Waals surface area contributed by atoms with E-state index in [-0.39, 0.29) is 5.82 Å². The summed E-state index contributed by atoms with van der Waals surface area (Å²) in [5.74, 6) is -0.337. The first kappa shape index (κ1) is 11.5. The molecule has 0 amide bonds. The number of nitrogens with one attached hydrogen (secondary N) is 2. The number of carbonyl (C=O) groups is 1. The van der Waals surface area contributed by atoms with Gasteiger partial charge in [0.15, 0.2) is 0 Å². The number of hydrogen-bond donors (Lipinski definition) is 3. The summed E-state index contributed by atoms with van der Waals surface area (Å²) in [5.41, 5.74) is 0.509. The van der Waals surface area contributed by atoms with Crippen LogP contribution < -0.4 is 5.32 Å². The minimum absolute atomic E-state index is 0.244. The molecule has 6 nitrogen and oxygen atoms in total. The van der Waals surface area contributed by atoms with Crippen LogP contribution in [0.25, 0.3) is 0 Å². The van der Waals surface area contributed by atoms with Gasteiger partial charge in [0.25, 0.3) is 0 Å². The summed E-state index contributed by atoms with van der Waals surface area (Å²) in [7, 11) is 0.